The van der Waals surface area contributed by atoms with Crippen molar-refractivity contribution >= 4 is 5.78 Å². The minimum Gasteiger partial charge on any atom is -0.393 e. The van der Waals surface area contributed by atoms with Crippen LogP contribution in [0, 0.1) is 28.6 Å². The monoisotopic (exact) mass is 318 g/mol. The van der Waals surface area contributed by atoms with Gasteiger partial charge in [-0.3, -0.25) is 4.79 Å². The van der Waals surface area contributed by atoms with Crippen LogP contribution in [-0.4, -0.2) is 27.7 Å². The van der Waals surface area contributed by atoms with Crippen LogP contribution in [0.15, 0.2) is 11.6 Å². The zero-order valence-corrected chi connectivity index (χ0v) is 14.6. The van der Waals surface area contributed by atoms with Gasteiger partial charge in [0.25, 0.3) is 0 Å². The van der Waals surface area contributed by atoms with E-state index in [1.165, 1.54) is 5.57 Å². The molecule has 4 aliphatic carbocycles. The zero-order valence-electron chi connectivity index (χ0n) is 14.6. The van der Waals surface area contributed by atoms with Gasteiger partial charge >= 0.3 is 0 Å². The molecule has 0 aromatic heterocycles. The second-order valence-electron chi connectivity index (χ2n) is 9.39. The Hall–Kier alpha value is -0.670. The molecule has 7 atom stereocenters. The van der Waals surface area contributed by atoms with Gasteiger partial charge in [0.05, 0.1) is 11.7 Å². The van der Waals surface area contributed by atoms with E-state index in [0.29, 0.717) is 30.5 Å². The molecular formula is C20H30O3. The molecule has 0 radical (unpaired) electrons. The van der Waals surface area contributed by atoms with Crippen LogP contribution in [0.5, 0.6) is 0 Å². The van der Waals surface area contributed by atoms with Crippen LogP contribution in [0.2, 0.25) is 0 Å². The van der Waals surface area contributed by atoms with Gasteiger partial charge in [0.2, 0.25) is 0 Å². The molecule has 3 nitrogen and oxygen atoms in total. The van der Waals surface area contributed by atoms with Crippen LogP contribution in [0.3, 0.4) is 0 Å². The fourth-order valence-electron chi connectivity index (χ4n) is 6.91. The molecule has 0 heterocycles. The molecule has 4 aliphatic rings. The Kier molecular flexibility index (Phi) is 3.23. The average Bonchev–Trinajstić information content (AvgIpc) is 2.65. The first-order chi connectivity index (χ1) is 10.7. The standard InChI is InChI=1S/C20H30O3/c1-18-8-6-13(21)10-12(18)4-5-14-15(18)7-9-19(2)17(14)16(22)11-20(19,3)23/h10,14-17,22-23H,4-9,11H2,1-3H3/t14-,15+,16+,17-,18+,19+,20+/m1/s1. The molecule has 0 aromatic rings. The number of rotatable bonds is 0. The number of hydrogen-bond donors (Lipinski definition) is 2. The molecule has 0 spiro atoms. The minimum absolute atomic E-state index is 0.131. The number of aliphatic hydroxyl groups excluding tert-OH is 1. The van der Waals surface area contributed by atoms with E-state index in [0.717, 1.165) is 32.1 Å². The SMILES string of the molecule is C[C@]12CCC(=O)C=C1CC[C@H]1[C@@H]3[C@@H](O)C[C@](C)(O)[C@@]3(C)CC[C@@H]12. The summed E-state index contributed by atoms with van der Waals surface area (Å²) in [7, 11) is 0. The highest BCUT2D eigenvalue weighted by molar-refractivity contribution is 5.91. The van der Waals surface area contributed by atoms with Gasteiger partial charge in [0.1, 0.15) is 0 Å². The highest BCUT2D eigenvalue weighted by Gasteiger charge is 2.65. The third-order valence-electron chi connectivity index (χ3n) is 8.46. The fraction of sp³-hybridized carbons (Fsp3) is 0.850. The molecule has 0 aliphatic heterocycles. The second kappa shape index (κ2) is 4.70. The third-order valence-corrected chi connectivity index (χ3v) is 8.46. The van der Waals surface area contributed by atoms with Gasteiger partial charge in [0, 0.05) is 18.3 Å². The van der Waals surface area contributed by atoms with Crippen LogP contribution < -0.4 is 0 Å². The first-order valence-electron chi connectivity index (χ1n) is 9.33. The summed E-state index contributed by atoms with van der Waals surface area (Å²) in [6.45, 7) is 6.47. The van der Waals surface area contributed by atoms with Crippen molar-refractivity contribution in [2.45, 2.75) is 77.4 Å². The molecule has 0 unspecified atom stereocenters. The third kappa shape index (κ3) is 1.93. The van der Waals surface area contributed by atoms with Crippen molar-refractivity contribution in [2.24, 2.45) is 28.6 Å². The maximum Gasteiger partial charge on any atom is 0.155 e. The van der Waals surface area contributed by atoms with Gasteiger partial charge in [-0.05, 0) is 68.3 Å². The Morgan fingerprint density at radius 1 is 1.13 bits per heavy atom. The number of allylic oxidation sites excluding steroid dienone is 1. The summed E-state index contributed by atoms with van der Waals surface area (Å²) < 4.78 is 0. The predicted molar refractivity (Wildman–Crippen MR) is 88.7 cm³/mol. The van der Waals surface area contributed by atoms with Crippen LogP contribution in [0.25, 0.3) is 0 Å². The Morgan fingerprint density at radius 2 is 1.87 bits per heavy atom. The lowest BCUT2D eigenvalue weighted by atomic mass is 9.46. The normalized spacial score (nSPS) is 55.7. The summed E-state index contributed by atoms with van der Waals surface area (Å²) >= 11 is 0. The van der Waals surface area contributed by atoms with Crippen LogP contribution in [-0.2, 0) is 4.79 Å². The Labute approximate surface area is 139 Å². The Balaban J connectivity index is 1.73. The summed E-state index contributed by atoms with van der Waals surface area (Å²) in [6, 6.07) is 0. The molecule has 2 N–H and O–H groups in total. The van der Waals surface area contributed by atoms with Gasteiger partial charge in [-0.2, -0.15) is 0 Å². The maximum absolute atomic E-state index is 11.8. The zero-order chi connectivity index (χ0) is 16.6. The van der Waals surface area contributed by atoms with Crippen molar-refractivity contribution in [3.63, 3.8) is 0 Å². The van der Waals surface area contributed by atoms with E-state index in [2.05, 4.69) is 13.8 Å². The van der Waals surface area contributed by atoms with Gasteiger partial charge in [-0.1, -0.05) is 19.4 Å². The summed E-state index contributed by atoms with van der Waals surface area (Å²) in [5, 5.41) is 21.7. The molecule has 0 saturated heterocycles. The number of carbonyl (C=O) groups is 1. The number of carbonyl (C=O) groups excluding carboxylic acids is 1. The van der Waals surface area contributed by atoms with Crippen LogP contribution in [0.1, 0.15) is 65.7 Å². The fourth-order valence-corrected chi connectivity index (χ4v) is 6.91. The van der Waals surface area contributed by atoms with E-state index >= 15 is 0 Å². The molecule has 0 bridgehead atoms. The first-order valence-corrected chi connectivity index (χ1v) is 9.33. The second-order valence-corrected chi connectivity index (χ2v) is 9.39. The molecule has 3 saturated carbocycles. The van der Waals surface area contributed by atoms with Crippen LogP contribution in [0.4, 0.5) is 0 Å². The number of ketones is 1. The van der Waals surface area contributed by atoms with Gasteiger partial charge in [-0.25, -0.2) is 0 Å². The van der Waals surface area contributed by atoms with Crippen molar-refractivity contribution in [1.82, 2.24) is 0 Å². The lowest BCUT2D eigenvalue weighted by molar-refractivity contribution is -0.129. The van der Waals surface area contributed by atoms with E-state index in [-0.39, 0.29) is 22.9 Å². The molecule has 3 fully saturated rings. The van der Waals surface area contributed by atoms with Crippen molar-refractivity contribution in [1.29, 1.82) is 0 Å². The highest BCUT2D eigenvalue weighted by atomic mass is 16.3. The van der Waals surface area contributed by atoms with E-state index < -0.39 is 5.60 Å². The first kappa shape index (κ1) is 15.8. The smallest absolute Gasteiger partial charge is 0.155 e. The highest BCUT2D eigenvalue weighted by Crippen LogP contribution is 2.67. The Bertz CT molecular complexity index is 577. The molecule has 23 heavy (non-hydrogen) atoms. The van der Waals surface area contributed by atoms with Gasteiger partial charge < -0.3 is 10.2 Å². The lowest BCUT2D eigenvalue weighted by Crippen LogP contribution is -2.55. The number of aliphatic hydroxyl groups is 2. The molecule has 3 heteroatoms. The summed E-state index contributed by atoms with van der Waals surface area (Å²) in [4.78, 5) is 11.8. The topological polar surface area (TPSA) is 57.5 Å². The molecule has 128 valence electrons. The summed E-state index contributed by atoms with van der Waals surface area (Å²) in [5.74, 6) is 1.53. The van der Waals surface area contributed by atoms with Crippen molar-refractivity contribution in [2.75, 3.05) is 0 Å². The Morgan fingerprint density at radius 3 is 2.61 bits per heavy atom. The number of hydrogen-bond acceptors (Lipinski definition) is 3. The average molecular weight is 318 g/mol. The molecule has 4 rings (SSSR count). The van der Waals surface area contributed by atoms with Crippen LogP contribution >= 0.6 is 0 Å². The summed E-state index contributed by atoms with van der Waals surface area (Å²) in [6.07, 6.45) is 7.84. The predicted octanol–water partition coefficient (Wildman–Crippen LogP) is 3.24. The maximum atomic E-state index is 11.8. The van der Waals surface area contributed by atoms with Gasteiger partial charge in [0.15, 0.2) is 5.78 Å². The van der Waals surface area contributed by atoms with E-state index in [1.807, 2.05) is 13.0 Å². The number of fused-ring (bicyclic) bond motifs is 5. The molecule has 0 aromatic carbocycles. The largest absolute Gasteiger partial charge is 0.393 e. The van der Waals surface area contributed by atoms with E-state index in [4.69, 9.17) is 0 Å². The quantitative estimate of drug-likeness (QED) is 0.721. The van der Waals surface area contributed by atoms with E-state index in [9.17, 15) is 15.0 Å². The molecule has 0 amide bonds. The minimum atomic E-state index is -0.762. The van der Waals surface area contributed by atoms with Crippen molar-refractivity contribution < 1.29 is 15.0 Å². The van der Waals surface area contributed by atoms with E-state index in [1.54, 1.807) is 0 Å². The lowest BCUT2D eigenvalue weighted by Gasteiger charge is -2.59. The van der Waals surface area contributed by atoms with Crippen molar-refractivity contribution in [3.05, 3.63) is 11.6 Å². The molecular weight excluding hydrogens is 288 g/mol. The van der Waals surface area contributed by atoms with Gasteiger partial charge in [-0.15, -0.1) is 0 Å². The summed E-state index contributed by atoms with van der Waals surface area (Å²) in [5.41, 5.74) is 0.557. The van der Waals surface area contributed by atoms with Crippen molar-refractivity contribution in [3.8, 4) is 0 Å².